The Morgan fingerprint density at radius 3 is 2.62 bits per heavy atom. The molecule has 3 rings (SSSR count). The molecule has 0 spiro atoms. The number of halogens is 2. The van der Waals surface area contributed by atoms with Crippen LogP contribution in [0.4, 0.5) is 4.39 Å². The average Bonchev–Trinajstić information content (AvgIpc) is 2.90. The van der Waals surface area contributed by atoms with E-state index in [1.807, 2.05) is 18.2 Å². The second kappa shape index (κ2) is 6.95. The van der Waals surface area contributed by atoms with Crippen molar-refractivity contribution < 1.29 is 9.18 Å². The number of thioether (sulfide) groups is 1. The Morgan fingerprint density at radius 2 is 1.96 bits per heavy atom. The van der Waals surface area contributed by atoms with E-state index in [0.29, 0.717) is 10.6 Å². The zero-order chi connectivity index (χ0) is 17.3. The first kappa shape index (κ1) is 17.0. The van der Waals surface area contributed by atoms with E-state index < -0.39 is 0 Å². The van der Waals surface area contributed by atoms with Crippen LogP contribution in [0.5, 0.6) is 0 Å². The highest BCUT2D eigenvalue weighted by Gasteiger charge is 2.16. The fourth-order valence-corrected chi connectivity index (χ4v) is 3.70. The molecule has 0 unspecified atom stereocenters. The molecule has 1 aromatic heterocycles. The molecule has 124 valence electrons. The summed E-state index contributed by atoms with van der Waals surface area (Å²) in [4.78, 5) is 16.9. The van der Waals surface area contributed by atoms with Crippen molar-refractivity contribution in [2.24, 2.45) is 0 Å². The number of aromatic nitrogens is 2. The molecule has 6 heteroatoms. The van der Waals surface area contributed by atoms with Gasteiger partial charge >= 0.3 is 0 Å². The Morgan fingerprint density at radius 1 is 1.25 bits per heavy atom. The van der Waals surface area contributed by atoms with Crippen LogP contribution in [0.2, 0.25) is 5.02 Å². The second-order valence-electron chi connectivity index (χ2n) is 5.71. The van der Waals surface area contributed by atoms with Crippen LogP contribution in [0.1, 0.15) is 30.2 Å². The number of carbonyl (C=O) groups is 1. The zero-order valence-electron chi connectivity index (χ0n) is 13.3. The summed E-state index contributed by atoms with van der Waals surface area (Å²) in [5.74, 6) is -0.159. The Balaban J connectivity index is 1.85. The van der Waals surface area contributed by atoms with Gasteiger partial charge in [0.05, 0.1) is 16.8 Å². The molecule has 0 aliphatic carbocycles. The molecule has 0 aliphatic heterocycles. The maximum atomic E-state index is 13.0. The smallest absolute Gasteiger partial charge is 0.173 e. The third-order valence-electron chi connectivity index (χ3n) is 3.63. The standard InChI is InChI=1S/C18H16ClFN2OS/c1-11(2)22-16-8-5-13(19)9-15(16)21-18(22)24-10-17(23)12-3-6-14(20)7-4-12/h3-9,11H,10H2,1-2H3. The van der Waals surface area contributed by atoms with Gasteiger partial charge in [0.2, 0.25) is 0 Å². The van der Waals surface area contributed by atoms with Crippen molar-refractivity contribution in [2.75, 3.05) is 5.75 Å². The fraction of sp³-hybridized carbons (Fsp3) is 0.222. The first-order valence-electron chi connectivity index (χ1n) is 7.55. The van der Waals surface area contributed by atoms with E-state index >= 15 is 0 Å². The molecule has 0 saturated heterocycles. The van der Waals surface area contributed by atoms with E-state index in [1.54, 1.807) is 0 Å². The molecule has 3 aromatic rings. The number of ketones is 1. The highest BCUT2D eigenvalue weighted by Crippen LogP contribution is 2.29. The van der Waals surface area contributed by atoms with Crippen LogP contribution >= 0.6 is 23.4 Å². The lowest BCUT2D eigenvalue weighted by Crippen LogP contribution is -2.06. The van der Waals surface area contributed by atoms with Crippen molar-refractivity contribution in [2.45, 2.75) is 25.0 Å². The Kier molecular flexibility index (Phi) is 4.92. The number of imidazole rings is 1. The van der Waals surface area contributed by atoms with Gasteiger partial charge in [0.1, 0.15) is 5.82 Å². The van der Waals surface area contributed by atoms with Crippen LogP contribution in [0, 0.1) is 5.82 Å². The van der Waals surface area contributed by atoms with Crippen LogP contribution in [0.15, 0.2) is 47.6 Å². The predicted molar refractivity (Wildman–Crippen MR) is 96.6 cm³/mol. The molecule has 0 saturated carbocycles. The largest absolute Gasteiger partial charge is 0.316 e. The lowest BCUT2D eigenvalue weighted by atomic mass is 10.1. The average molecular weight is 363 g/mol. The zero-order valence-corrected chi connectivity index (χ0v) is 14.9. The monoisotopic (exact) mass is 362 g/mol. The van der Waals surface area contributed by atoms with E-state index in [2.05, 4.69) is 23.4 Å². The molecule has 0 fully saturated rings. The van der Waals surface area contributed by atoms with E-state index in [1.165, 1.54) is 36.0 Å². The molecule has 2 aromatic carbocycles. The third kappa shape index (κ3) is 3.47. The van der Waals surface area contributed by atoms with Crippen molar-refractivity contribution in [3.8, 4) is 0 Å². The number of carbonyl (C=O) groups excluding carboxylic acids is 1. The van der Waals surface area contributed by atoms with Crippen LogP contribution in [0.3, 0.4) is 0 Å². The van der Waals surface area contributed by atoms with Gasteiger partial charge in [-0.2, -0.15) is 0 Å². The molecule has 0 atom stereocenters. The lowest BCUT2D eigenvalue weighted by molar-refractivity contribution is 0.102. The summed E-state index contributed by atoms with van der Waals surface area (Å²) in [7, 11) is 0. The van der Waals surface area contributed by atoms with Crippen molar-refractivity contribution in [1.82, 2.24) is 9.55 Å². The fourth-order valence-electron chi connectivity index (χ4n) is 2.50. The highest BCUT2D eigenvalue weighted by molar-refractivity contribution is 7.99. The topological polar surface area (TPSA) is 34.9 Å². The molecule has 3 nitrogen and oxygen atoms in total. The maximum Gasteiger partial charge on any atom is 0.173 e. The number of hydrogen-bond donors (Lipinski definition) is 0. The number of benzene rings is 2. The Bertz CT molecular complexity index is 890. The summed E-state index contributed by atoms with van der Waals surface area (Å²) in [6, 6.07) is 11.4. The predicted octanol–water partition coefficient (Wildman–Crippen LogP) is 5.38. The molecule has 24 heavy (non-hydrogen) atoms. The number of nitrogens with zero attached hydrogens (tertiary/aromatic N) is 2. The minimum atomic E-state index is -0.349. The number of rotatable bonds is 5. The number of Topliss-reactive ketones (excluding diaryl/α,β-unsaturated/α-hetero) is 1. The second-order valence-corrected chi connectivity index (χ2v) is 7.09. The number of fused-ring (bicyclic) bond motifs is 1. The van der Waals surface area contributed by atoms with E-state index in [-0.39, 0.29) is 23.4 Å². The molecule has 1 heterocycles. The van der Waals surface area contributed by atoms with Gasteiger partial charge in [0.15, 0.2) is 10.9 Å². The van der Waals surface area contributed by atoms with Crippen LogP contribution in [-0.2, 0) is 0 Å². The maximum absolute atomic E-state index is 13.0. The van der Waals surface area contributed by atoms with Gasteiger partial charge in [-0.05, 0) is 56.3 Å². The molecule has 0 radical (unpaired) electrons. The van der Waals surface area contributed by atoms with Gasteiger partial charge in [-0.3, -0.25) is 4.79 Å². The molecule has 0 aliphatic rings. The van der Waals surface area contributed by atoms with Crippen molar-refractivity contribution in [3.05, 3.63) is 58.9 Å². The minimum Gasteiger partial charge on any atom is -0.316 e. The molecule has 0 amide bonds. The third-order valence-corrected chi connectivity index (χ3v) is 4.82. The summed E-state index contributed by atoms with van der Waals surface area (Å²) in [5.41, 5.74) is 2.30. The molecular formula is C18H16ClFN2OS. The highest BCUT2D eigenvalue weighted by atomic mass is 35.5. The van der Waals surface area contributed by atoms with Gasteiger partial charge in [0.25, 0.3) is 0 Å². The molecular weight excluding hydrogens is 347 g/mol. The van der Waals surface area contributed by atoms with Crippen LogP contribution < -0.4 is 0 Å². The van der Waals surface area contributed by atoms with Gasteiger partial charge in [-0.15, -0.1) is 0 Å². The Hall–Kier alpha value is -1.85. The quantitative estimate of drug-likeness (QED) is 0.451. The summed E-state index contributed by atoms with van der Waals surface area (Å²) in [5, 5.41) is 1.41. The van der Waals surface area contributed by atoms with Gasteiger partial charge < -0.3 is 4.57 Å². The van der Waals surface area contributed by atoms with E-state index in [0.717, 1.165) is 16.2 Å². The van der Waals surface area contributed by atoms with Gasteiger partial charge in [-0.25, -0.2) is 9.37 Å². The van der Waals surface area contributed by atoms with E-state index in [4.69, 9.17) is 11.6 Å². The van der Waals surface area contributed by atoms with Crippen molar-refractivity contribution >= 4 is 40.2 Å². The van der Waals surface area contributed by atoms with Gasteiger partial charge in [0, 0.05) is 16.6 Å². The van der Waals surface area contributed by atoms with Crippen molar-refractivity contribution in [3.63, 3.8) is 0 Å². The summed E-state index contributed by atoms with van der Waals surface area (Å²) in [6.45, 7) is 4.14. The van der Waals surface area contributed by atoms with Crippen LogP contribution in [-0.4, -0.2) is 21.1 Å². The van der Waals surface area contributed by atoms with Gasteiger partial charge in [-0.1, -0.05) is 23.4 Å². The van der Waals surface area contributed by atoms with E-state index in [9.17, 15) is 9.18 Å². The summed E-state index contributed by atoms with van der Waals surface area (Å²) < 4.78 is 15.0. The Labute approximate surface area is 148 Å². The molecule has 0 N–H and O–H groups in total. The first-order chi connectivity index (χ1) is 11.5. The minimum absolute atomic E-state index is 0.0552. The SMILES string of the molecule is CC(C)n1c(SCC(=O)c2ccc(F)cc2)nc2cc(Cl)ccc21. The summed E-state index contributed by atoms with van der Waals surface area (Å²) in [6.07, 6.45) is 0. The first-order valence-corrected chi connectivity index (χ1v) is 8.91. The molecule has 0 bridgehead atoms. The number of hydrogen-bond acceptors (Lipinski definition) is 3. The van der Waals surface area contributed by atoms with Crippen LogP contribution in [0.25, 0.3) is 11.0 Å². The summed E-state index contributed by atoms with van der Waals surface area (Å²) >= 11 is 7.42. The van der Waals surface area contributed by atoms with Crippen molar-refractivity contribution in [1.29, 1.82) is 0 Å². The lowest BCUT2D eigenvalue weighted by Gasteiger charge is -2.12. The normalized spacial score (nSPS) is 11.4.